The predicted octanol–water partition coefficient (Wildman–Crippen LogP) is 4.20. The zero-order chi connectivity index (χ0) is 30.2. The minimum absolute atomic E-state index is 0.0145. The topological polar surface area (TPSA) is 150 Å². The highest BCUT2D eigenvalue weighted by molar-refractivity contribution is 6.40. The number of methoxy groups -OCH3 is 1. The summed E-state index contributed by atoms with van der Waals surface area (Å²) in [6, 6.07) is 17.3. The first kappa shape index (κ1) is 30.7. The molecule has 1 aliphatic heterocycles. The van der Waals surface area contributed by atoms with Crippen LogP contribution in [0.15, 0.2) is 60.7 Å². The van der Waals surface area contributed by atoms with Gasteiger partial charge in [-0.25, -0.2) is 4.79 Å². The Balaban J connectivity index is 1.37. The molecule has 42 heavy (non-hydrogen) atoms. The molecule has 0 saturated carbocycles. The van der Waals surface area contributed by atoms with E-state index in [0.29, 0.717) is 12.2 Å². The Hall–Kier alpha value is -4.28. The number of anilines is 2. The van der Waals surface area contributed by atoms with Gasteiger partial charge in [0.05, 0.1) is 22.7 Å². The van der Waals surface area contributed by atoms with Crippen molar-refractivity contribution in [3.63, 3.8) is 0 Å². The van der Waals surface area contributed by atoms with Crippen LogP contribution in [-0.2, 0) is 20.7 Å². The van der Waals surface area contributed by atoms with Gasteiger partial charge in [-0.2, -0.15) is 0 Å². The maximum absolute atomic E-state index is 13.1. The molecule has 0 radical (unpaired) electrons. The molecule has 12 heteroatoms. The van der Waals surface area contributed by atoms with Gasteiger partial charge in [0.1, 0.15) is 6.04 Å². The summed E-state index contributed by atoms with van der Waals surface area (Å²) in [5, 5.41) is 15.8. The number of guanidine groups is 1. The van der Waals surface area contributed by atoms with Crippen molar-refractivity contribution in [2.24, 2.45) is 5.73 Å². The lowest BCUT2D eigenvalue weighted by Crippen LogP contribution is -2.49. The first-order chi connectivity index (χ1) is 20.2. The minimum atomic E-state index is -1.16. The standard InChI is InChI=1S/C30H32Cl2N6O4/c1-42-29(41)24(37-28(40)27-22(31)14-20(15-23(27)32)18-6-3-2-4-7-18)17-35-26(39)11-13-38-12-5-8-19-9-10-21(16-25(19)38)36-30(33)34/h2-4,6-7,9-10,14-16,24H,5,8,11-13,17H2,1H3,(H,35,39)(H,37,40)(H4,33,34,36)/t24-/m0/s1. The lowest BCUT2D eigenvalue weighted by Gasteiger charge is -2.31. The normalized spacial score (nSPS) is 13.0. The molecule has 0 aromatic heterocycles. The molecule has 0 bridgehead atoms. The second-order valence-electron chi connectivity index (χ2n) is 9.76. The number of rotatable bonds is 10. The van der Waals surface area contributed by atoms with E-state index in [2.05, 4.69) is 20.9 Å². The maximum atomic E-state index is 13.1. The SMILES string of the molecule is COC(=O)[C@H](CNC(=O)CCN1CCCc2ccc(NC(=N)N)cc21)NC(=O)c1c(Cl)cc(-c2ccccc2)cc1Cl. The number of carbonyl (C=O) groups excluding carboxylic acids is 3. The molecule has 0 spiro atoms. The fraction of sp³-hybridized carbons (Fsp3) is 0.267. The number of hydrogen-bond acceptors (Lipinski definition) is 6. The summed E-state index contributed by atoms with van der Waals surface area (Å²) in [7, 11) is 1.20. The number of fused-ring (bicyclic) bond motifs is 1. The van der Waals surface area contributed by atoms with Crippen molar-refractivity contribution in [2.45, 2.75) is 25.3 Å². The van der Waals surface area contributed by atoms with E-state index < -0.39 is 17.9 Å². The van der Waals surface area contributed by atoms with Crippen LogP contribution in [0.2, 0.25) is 10.0 Å². The number of nitrogens with two attached hydrogens (primary N) is 1. The minimum Gasteiger partial charge on any atom is -0.467 e. The molecular formula is C30H32Cl2N6O4. The smallest absolute Gasteiger partial charge is 0.330 e. The van der Waals surface area contributed by atoms with Crippen LogP contribution >= 0.6 is 23.2 Å². The quantitative estimate of drug-likeness (QED) is 0.131. The molecule has 3 aromatic carbocycles. The van der Waals surface area contributed by atoms with Crippen LogP contribution in [0, 0.1) is 5.41 Å². The lowest BCUT2D eigenvalue weighted by atomic mass is 10.0. The largest absolute Gasteiger partial charge is 0.467 e. The zero-order valence-corrected chi connectivity index (χ0v) is 24.5. The number of hydrogen-bond donors (Lipinski definition) is 5. The van der Waals surface area contributed by atoms with Crippen molar-refractivity contribution >= 4 is 58.3 Å². The Morgan fingerprint density at radius 2 is 1.76 bits per heavy atom. The van der Waals surface area contributed by atoms with Gasteiger partial charge in [-0.15, -0.1) is 0 Å². The van der Waals surface area contributed by atoms with Gasteiger partial charge in [0.2, 0.25) is 5.91 Å². The molecule has 1 aliphatic rings. The van der Waals surface area contributed by atoms with Crippen molar-refractivity contribution in [1.29, 1.82) is 5.41 Å². The van der Waals surface area contributed by atoms with E-state index in [1.807, 2.05) is 48.5 Å². The number of ether oxygens (including phenoxy) is 1. The van der Waals surface area contributed by atoms with E-state index in [-0.39, 0.29) is 40.4 Å². The highest BCUT2D eigenvalue weighted by Crippen LogP contribution is 2.32. The summed E-state index contributed by atoms with van der Waals surface area (Å²) in [6.45, 7) is 1.03. The Labute approximate surface area is 254 Å². The van der Waals surface area contributed by atoms with Crippen LogP contribution in [0.25, 0.3) is 11.1 Å². The number of aryl methyl sites for hydroxylation is 1. The molecular weight excluding hydrogens is 579 g/mol. The van der Waals surface area contributed by atoms with Crippen molar-refractivity contribution in [3.05, 3.63) is 81.8 Å². The number of carbonyl (C=O) groups is 3. The van der Waals surface area contributed by atoms with Gasteiger partial charge < -0.3 is 31.3 Å². The summed E-state index contributed by atoms with van der Waals surface area (Å²) in [5.74, 6) is -1.86. The molecule has 1 heterocycles. The molecule has 6 N–H and O–H groups in total. The van der Waals surface area contributed by atoms with E-state index in [1.54, 1.807) is 12.1 Å². The second-order valence-corrected chi connectivity index (χ2v) is 10.6. The van der Waals surface area contributed by atoms with Gasteiger partial charge in [0, 0.05) is 37.4 Å². The van der Waals surface area contributed by atoms with Gasteiger partial charge in [-0.3, -0.25) is 15.0 Å². The number of halogens is 2. The summed E-state index contributed by atoms with van der Waals surface area (Å²) in [4.78, 5) is 40.4. The van der Waals surface area contributed by atoms with Gasteiger partial charge >= 0.3 is 5.97 Å². The first-order valence-electron chi connectivity index (χ1n) is 13.3. The van der Waals surface area contributed by atoms with Crippen LogP contribution in [-0.4, -0.2) is 56.5 Å². The van der Waals surface area contributed by atoms with Crippen molar-refractivity contribution in [1.82, 2.24) is 10.6 Å². The van der Waals surface area contributed by atoms with Gasteiger partial charge in [0.25, 0.3) is 5.91 Å². The third-order valence-electron chi connectivity index (χ3n) is 6.86. The average molecular weight is 612 g/mol. The molecule has 1 atom stereocenters. The number of amides is 2. The molecule has 3 aromatic rings. The van der Waals surface area contributed by atoms with E-state index in [1.165, 1.54) is 7.11 Å². The molecule has 4 rings (SSSR count). The van der Waals surface area contributed by atoms with E-state index in [9.17, 15) is 14.4 Å². The Bertz CT molecular complexity index is 1460. The van der Waals surface area contributed by atoms with Crippen LogP contribution in [0.5, 0.6) is 0 Å². The summed E-state index contributed by atoms with van der Waals surface area (Å²) in [5.41, 5.74) is 9.92. The average Bonchev–Trinajstić information content (AvgIpc) is 2.97. The molecule has 2 amide bonds. The molecule has 10 nitrogen and oxygen atoms in total. The van der Waals surface area contributed by atoms with E-state index in [4.69, 9.17) is 39.1 Å². The lowest BCUT2D eigenvalue weighted by molar-refractivity contribution is -0.142. The van der Waals surface area contributed by atoms with Gasteiger partial charge in [-0.1, -0.05) is 59.6 Å². The zero-order valence-electron chi connectivity index (χ0n) is 23.0. The summed E-state index contributed by atoms with van der Waals surface area (Å²) in [6.07, 6.45) is 2.02. The van der Waals surface area contributed by atoms with Crippen molar-refractivity contribution < 1.29 is 19.1 Å². The Morgan fingerprint density at radius 1 is 1.05 bits per heavy atom. The van der Waals surface area contributed by atoms with Gasteiger partial charge in [-0.05, 0) is 53.8 Å². The van der Waals surface area contributed by atoms with Crippen molar-refractivity contribution in [2.75, 3.05) is 37.0 Å². The first-order valence-corrected chi connectivity index (χ1v) is 14.1. The summed E-state index contributed by atoms with van der Waals surface area (Å²) >= 11 is 12.9. The van der Waals surface area contributed by atoms with Crippen molar-refractivity contribution in [3.8, 4) is 11.1 Å². The molecule has 0 saturated heterocycles. The molecule has 0 fully saturated rings. The van der Waals surface area contributed by atoms with Crippen LogP contribution in [0.4, 0.5) is 11.4 Å². The molecule has 0 unspecified atom stereocenters. The summed E-state index contributed by atoms with van der Waals surface area (Å²) < 4.78 is 4.84. The number of benzene rings is 3. The number of esters is 1. The van der Waals surface area contributed by atoms with E-state index >= 15 is 0 Å². The fourth-order valence-corrected chi connectivity index (χ4v) is 5.47. The second kappa shape index (κ2) is 14.1. The molecule has 0 aliphatic carbocycles. The maximum Gasteiger partial charge on any atom is 0.330 e. The van der Waals surface area contributed by atoms with Crippen LogP contribution < -0.4 is 26.6 Å². The fourth-order valence-electron chi connectivity index (χ4n) is 4.81. The van der Waals surface area contributed by atoms with Crippen LogP contribution in [0.3, 0.4) is 0 Å². The molecule has 220 valence electrons. The third-order valence-corrected chi connectivity index (χ3v) is 7.45. The highest BCUT2D eigenvalue weighted by Gasteiger charge is 2.26. The monoisotopic (exact) mass is 610 g/mol. The third kappa shape index (κ3) is 7.71. The van der Waals surface area contributed by atoms with Gasteiger partial charge in [0.15, 0.2) is 5.96 Å². The van der Waals surface area contributed by atoms with E-state index in [0.717, 1.165) is 41.8 Å². The number of nitrogens with zero attached hydrogens (tertiary/aromatic N) is 1. The Morgan fingerprint density at radius 3 is 2.43 bits per heavy atom. The number of nitrogens with one attached hydrogen (secondary N) is 4. The van der Waals surface area contributed by atoms with Crippen LogP contribution in [0.1, 0.15) is 28.8 Å². The highest BCUT2D eigenvalue weighted by atomic mass is 35.5. The predicted molar refractivity (Wildman–Crippen MR) is 165 cm³/mol. The Kier molecular flexibility index (Phi) is 10.3.